The predicted molar refractivity (Wildman–Crippen MR) is 104 cm³/mol. The Bertz CT molecular complexity index is 578. The summed E-state index contributed by atoms with van der Waals surface area (Å²) >= 11 is 0. The molecule has 0 bridgehead atoms. The Hall–Kier alpha value is -2.57. The summed E-state index contributed by atoms with van der Waals surface area (Å²) in [7, 11) is 0. The quantitative estimate of drug-likeness (QED) is 0.459. The van der Waals surface area contributed by atoms with Crippen LogP contribution in [0, 0.1) is 0 Å². The third-order valence-electron chi connectivity index (χ3n) is 4.13. The van der Waals surface area contributed by atoms with E-state index in [2.05, 4.69) is 17.6 Å². The van der Waals surface area contributed by atoms with E-state index in [0.29, 0.717) is 6.42 Å². The number of amides is 3. The van der Waals surface area contributed by atoms with Gasteiger partial charge in [-0.05, 0) is 12.0 Å². The molecule has 0 aromatic heterocycles. The van der Waals surface area contributed by atoms with Gasteiger partial charge in [0.1, 0.15) is 19.2 Å². The van der Waals surface area contributed by atoms with Gasteiger partial charge in [0.25, 0.3) is 0 Å². The number of primary amides is 1. The van der Waals surface area contributed by atoms with E-state index < -0.39 is 23.9 Å². The molecule has 0 saturated heterocycles. The van der Waals surface area contributed by atoms with Crippen LogP contribution in [0.3, 0.4) is 0 Å². The third kappa shape index (κ3) is 10.9. The Kier molecular flexibility index (Phi) is 11.3. The average molecular weight is 377 g/mol. The highest BCUT2D eigenvalue weighted by Gasteiger charge is 2.18. The highest BCUT2D eigenvalue weighted by molar-refractivity contribution is 5.88. The predicted octanol–water partition coefficient (Wildman–Crippen LogP) is 2.63. The van der Waals surface area contributed by atoms with Gasteiger partial charge in [-0.3, -0.25) is 9.59 Å². The van der Waals surface area contributed by atoms with Gasteiger partial charge in [-0.1, -0.05) is 75.8 Å². The first-order valence-corrected chi connectivity index (χ1v) is 9.56. The summed E-state index contributed by atoms with van der Waals surface area (Å²) in [5.41, 5.74) is 6.20. The molecule has 27 heavy (non-hydrogen) atoms. The molecule has 4 N–H and O–H groups in total. The maximum Gasteiger partial charge on any atom is 0.407 e. The number of hydrogen-bond donors (Lipinski definition) is 3. The Morgan fingerprint density at radius 3 is 2.37 bits per heavy atom. The van der Waals surface area contributed by atoms with E-state index in [1.807, 2.05) is 30.3 Å². The number of unbranched alkanes of at least 4 members (excludes halogenated alkanes) is 5. The van der Waals surface area contributed by atoms with E-state index >= 15 is 0 Å². The van der Waals surface area contributed by atoms with Crippen LogP contribution in [0.5, 0.6) is 0 Å². The molecule has 0 aliphatic rings. The van der Waals surface area contributed by atoms with Crippen molar-refractivity contribution < 1.29 is 19.1 Å². The fraction of sp³-hybridized carbons (Fsp3) is 0.550. The summed E-state index contributed by atoms with van der Waals surface area (Å²) in [5.74, 6) is -1.04. The molecule has 0 spiro atoms. The Morgan fingerprint density at radius 2 is 1.70 bits per heavy atom. The molecule has 1 aromatic carbocycles. The highest BCUT2D eigenvalue weighted by Crippen LogP contribution is 2.08. The molecule has 0 heterocycles. The van der Waals surface area contributed by atoms with E-state index in [4.69, 9.17) is 10.5 Å². The minimum atomic E-state index is -0.717. The first-order chi connectivity index (χ1) is 13.0. The summed E-state index contributed by atoms with van der Waals surface area (Å²) in [6, 6.07) is 8.51. The van der Waals surface area contributed by atoms with Gasteiger partial charge >= 0.3 is 6.09 Å². The second-order valence-corrected chi connectivity index (χ2v) is 6.49. The maximum atomic E-state index is 11.9. The second-order valence-electron chi connectivity index (χ2n) is 6.49. The molecule has 0 aliphatic heterocycles. The van der Waals surface area contributed by atoms with E-state index in [1.54, 1.807) is 0 Å². The number of hydrogen-bond acceptors (Lipinski definition) is 4. The van der Waals surface area contributed by atoms with Gasteiger partial charge in [0.05, 0.1) is 0 Å². The SMILES string of the molecule is CCCCCCCC[C@H](NC(=O)CNC(=O)OCc1ccccc1)C(N)=O. The molecule has 0 fully saturated rings. The molecule has 1 aromatic rings. The molecule has 7 heteroatoms. The van der Waals surface area contributed by atoms with Crippen LogP contribution in [-0.2, 0) is 20.9 Å². The van der Waals surface area contributed by atoms with Crippen molar-refractivity contribution in [3.63, 3.8) is 0 Å². The van der Waals surface area contributed by atoms with Crippen molar-refractivity contribution in [1.29, 1.82) is 0 Å². The van der Waals surface area contributed by atoms with Crippen molar-refractivity contribution >= 4 is 17.9 Å². The molecular formula is C20H31N3O4. The van der Waals surface area contributed by atoms with Gasteiger partial charge < -0.3 is 21.1 Å². The lowest BCUT2D eigenvalue weighted by molar-refractivity contribution is -0.127. The van der Waals surface area contributed by atoms with Crippen LogP contribution in [0.15, 0.2) is 30.3 Å². The Labute approximate surface area is 161 Å². The zero-order chi connectivity index (χ0) is 19.9. The monoisotopic (exact) mass is 377 g/mol. The van der Waals surface area contributed by atoms with Crippen molar-refractivity contribution in [3.05, 3.63) is 35.9 Å². The molecule has 150 valence electrons. The number of ether oxygens (including phenoxy) is 1. The van der Waals surface area contributed by atoms with Crippen molar-refractivity contribution in [1.82, 2.24) is 10.6 Å². The van der Waals surface area contributed by atoms with Crippen LogP contribution >= 0.6 is 0 Å². The largest absolute Gasteiger partial charge is 0.445 e. The molecule has 7 nitrogen and oxygen atoms in total. The molecule has 0 saturated carbocycles. The van der Waals surface area contributed by atoms with E-state index in [1.165, 1.54) is 19.3 Å². The van der Waals surface area contributed by atoms with Crippen LogP contribution in [0.4, 0.5) is 4.79 Å². The van der Waals surface area contributed by atoms with E-state index in [-0.39, 0.29) is 13.2 Å². The number of rotatable bonds is 13. The summed E-state index contributed by atoms with van der Waals surface area (Å²) < 4.78 is 5.02. The molecule has 3 amide bonds. The smallest absolute Gasteiger partial charge is 0.407 e. The minimum Gasteiger partial charge on any atom is -0.445 e. The molecule has 1 rings (SSSR count). The highest BCUT2D eigenvalue weighted by atomic mass is 16.5. The van der Waals surface area contributed by atoms with Crippen LogP contribution in [0.25, 0.3) is 0 Å². The lowest BCUT2D eigenvalue weighted by Crippen LogP contribution is -2.47. The van der Waals surface area contributed by atoms with Gasteiger partial charge in [-0.2, -0.15) is 0 Å². The van der Waals surface area contributed by atoms with E-state index in [9.17, 15) is 14.4 Å². The molecule has 0 radical (unpaired) electrons. The first kappa shape index (κ1) is 22.5. The minimum absolute atomic E-state index is 0.121. The lowest BCUT2D eigenvalue weighted by Gasteiger charge is -2.15. The van der Waals surface area contributed by atoms with Crippen molar-refractivity contribution in [2.24, 2.45) is 5.73 Å². The zero-order valence-electron chi connectivity index (χ0n) is 16.0. The average Bonchev–Trinajstić information content (AvgIpc) is 2.67. The number of nitrogens with two attached hydrogens (primary N) is 1. The van der Waals surface area contributed by atoms with Crippen LogP contribution in [-0.4, -0.2) is 30.5 Å². The van der Waals surface area contributed by atoms with Crippen molar-refractivity contribution in [2.45, 2.75) is 64.5 Å². The summed E-state index contributed by atoms with van der Waals surface area (Å²) in [6.45, 7) is 2.01. The topological polar surface area (TPSA) is 111 Å². The van der Waals surface area contributed by atoms with Crippen molar-refractivity contribution in [3.8, 4) is 0 Å². The first-order valence-electron chi connectivity index (χ1n) is 9.56. The number of nitrogens with one attached hydrogen (secondary N) is 2. The standard InChI is InChI=1S/C20H31N3O4/c1-2-3-4-5-6-10-13-17(19(21)25)23-18(24)14-22-20(26)27-15-16-11-8-7-9-12-16/h7-9,11-12,17H,2-6,10,13-15H2,1H3,(H2,21,25)(H,22,26)(H,23,24)/t17-/m0/s1. The van der Waals surface area contributed by atoms with Crippen LogP contribution in [0.2, 0.25) is 0 Å². The maximum absolute atomic E-state index is 11.9. The molecule has 0 unspecified atom stereocenters. The van der Waals surface area contributed by atoms with Gasteiger partial charge in [0.15, 0.2) is 0 Å². The lowest BCUT2D eigenvalue weighted by atomic mass is 10.1. The van der Waals surface area contributed by atoms with E-state index in [0.717, 1.165) is 24.8 Å². The van der Waals surface area contributed by atoms with Gasteiger partial charge in [0, 0.05) is 0 Å². The molecular weight excluding hydrogens is 346 g/mol. The van der Waals surface area contributed by atoms with Gasteiger partial charge in [0.2, 0.25) is 11.8 Å². The van der Waals surface area contributed by atoms with Crippen LogP contribution < -0.4 is 16.4 Å². The number of carbonyl (C=O) groups is 3. The van der Waals surface area contributed by atoms with Gasteiger partial charge in [-0.25, -0.2) is 4.79 Å². The normalized spacial score (nSPS) is 11.4. The third-order valence-corrected chi connectivity index (χ3v) is 4.13. The second kappa shape index (κ2) is 13.6. The fourth-order valence-corrected chi connectivity index (χ4v) is 2.59. The number of benzene rings is 1. The van der Waals surface area contributed by atoms with Crippen LogP contribution in [0.1, 0.15) is 57.4 Å². The zero-order valence-corrected chi connectivity index (χ0v) is 16.0. The summed E-state index contributed by atoms with van der Waals surface area (Å²) in [4.78, 5) is 35.0. The molecule has 1 atom stereocenters. The number of alkyl carbamates (subject to hydrolysis) is 1. The number of carbonyl (C=O) groups excluding carboxylic acids is 3. The van der Waals surface area contributed by atoms with Crippen molar-refractivity contribution in [2.75, 3.05) is 6.54 Å². The fourth-order valence-electron chi connectivity index (χ4n) is 2.59. The molecule has 0 aliphatic carbocycles. The summed E-state index contributed by atoms with van der Waals surface area (Å²) in [5, 5.41) is 4.93. The Morgan fingerprint density at radius 1 is 1.04 bits per heavy atom. The summed E-state index contributed by atoms with van der Waals surface area (Å²) in [6.07, 6.45) is 6.32. The van der Waals surface area contributed by atoms with Gasteiger partial charge in [-0.15, -0.1) is 0 Å². The Balaban J connectivity index is 2.22.